The summed E-state index contributed by atoms with van der Waals surface area (Å²) >= 11 is 9.47. The average Bonchev–Trinajstić information content (AvgIpc) is 2.70. The molecule has 0 saturated carbocycles. The van der Waals surface area contributed by atoms with Crippen molar-refractivity contribution >= 4 is 39.0 Å². The zero-order valence-electron chi connectivity index (χ0n) is 9.88. The average molecular weight is 346 g/mol. The summed E-state index contributed by atoms with van der Waals surface area (Å²) in [7, 11) is 0. The topological polar surface area (TPSA) is 87.0 Å². The van der Waals surface area contributed by atoms with Gasteiger partial charge in [-0.05, 0) is 24.6 Å². The number of hydrogen-bond donors (Lipinski definition) is 1. The Hall–Kier alpha value is -1.60. The summed E-state index contributed by atoms with van der Waals surface area (Å²) in [6, 6.07) is 5.12. The highest BCUT2D eigenvalue weighted by Crippen LogP contribution is 2.31. The van der Waals surface area contributed by atoms with Crippen LogP contribution >= 0.6 is 27.5 Å². The maximum atomic E-state index is 10.7. The monoisotopic (exact) mass is 344 g/mol. The quantitative estimate of drug-likeness (QED) is 0.682. The number of nitro groups is 1. The van der Waals surface area contributed by atoms with Crippen LogP contribution < -0.4 is 5.73 Å². The Balaban J connectivity index is 2.44. The van der Waals surface area contributed by atoms with Gasteiger partial charge in [0.15, 0.2) is 0 Å². The highest BCUT2D eigenvalue weighted by Gasteiger charge is 2.22. The predicted molar refractivity (Wildman–Crippen MR) is 76.3 cm³/mol. The highest BCUT2D eigenvalue weighted by molar-refractivity contribution is 9.10. The standard InChI is InChI=1S/C11H10BrClN4O2/c1-6(8-3-2-7(12)4-9(8)13)16-11(14)10(5-15-16)17(18)19/h2-6H,14H2,1H3. The number of rotatable bonds is 3. The molecule has 6 nitrogen and oxygen atoms in total. The third-order valence-corrected chi connectivity index (χ3v) is 3.61. The largest absolute Gasteiger partial charge is 0.378 e. The van der Waals surface area contributed by atoms with E-state index in [1.807, 2.05) is 19.1 Å². The summed E-state index contributed by atoms with van der Waals surface area (Å²) in [5.74, 6) is 0.0106. The molecule has 0 aliphatic rings. The van der Waals surface area contributed by atoms with E-state index in [2.05, 4.69) is 21.0 Å². The molecule has 1 aromatic heterocycles. The Morgan fingerprint density at radius 2 is 2.26 bits per heavy atom. The first-order valence-corrected chi connectivity index (χ1v) is 6.51. The minimum atomic E-state index is -0.561. The van der Waals surface area contributed by atoms with E-state index in [9.17, 15) is 10.1 Å². The lowest BCUT2D eigenvalue weighted by Gasteiger charge is -2.15. The van der Waals surface area contributed by atoms with Gasteiger partial charge in [-0.25, -0.2) is 4.68 Å². The zero-order valence-corrected chi connectivity index (χ0v) is 12.2. The Labute approximate surface area is 122 Å². The summed E-state index contributed by atoms with van der Waals surface area (Å²) in [5, 5.41) is 15.2. The van der Waals surface area contributed by atoms with Crippen molar-refractivity contribution in [3.63, 3.8) is 0 Å². The van der Waals surface area contributed by atoms with Crippen molar-refractivity contribution in [3.8, 4) is 0 Å². The molecule has 1 aromatic carbocycles. The van der Waals surface area contributed by atoms with Gasteiger partial charge in [0.25, 0.3) is 0 Å². The van der Waals surface area contributed by atoms with E-state index in [0.717, 1.165) is 16.2 Å². The summed E-state index contributed by atoms with van der Waals surface area (Å²) in [6.45, 7) is 1.82. The van der Waals surface area contributed by atoms with Crippen molar-refractivity contribution in [1.82, 2.24) is 9.78 Å². The third-order valence-electron chi connectivity index (χ3n) is 2.79. The zero-order chi connectivity index (χ0) is 14.2. The first kappa shape index (κ1) is 13.8. The molecule has 100 valence electrons. The molecule has 1 atom stereocenters. The molecule has 0 bridgehead atoms. The molecule has 19 heavy (non-hydrogen) atoms. The molecule has 0 saturated heterocycles. The molecular formula is C11H10BrClN4O2. The third kappa shape index (κ3) is 2.57. The molecular weight excluding hydrogens is 336 g/mol. The van der Waals surface area contributed by atoms with Gasteiger partial charge in [-0.2, -0.15) is 5.10 Å². The fourth-order valence-electron chi connectivity index (χ4n) is 1.78. The minimum absolute atomic E-state index is 0.0106. The summed E-state index contributed by atoms with van der Waals surface area (Å²) in [6.07, 6.45) is 1.14. The SMILES string of the molecule is CC(c1ccc(Br)cc1Cl)n1ncc([N+](=O)[O-])c1N. The van der Waals surface area contributed by atoms with Gasteiger partial charge >= 0.3 is 5.69 Å². The molecule has 1 unspecified atom stereocenters. The number of halogens is 2. The molecule has 0 aliphatic heterocycles. The molecule has 1 heterocycles. The Bertz CT molecular complexity index is 644. The second kappa shape index (κ2) is 5.18. The number of anilines is 1. The van der Waals surface area contributed by atoms with Crippen LogP contribution in [0.3, 0.4) is 0 Å². The van der Waals surface area contributed by atoms with E-state index in [1.165, 1.54) is 4.68 Å². The molecule has 2 N–H and O–H groups in total. The van der Waals surface area contributed by atoms with Gasteiger partial charge in [-0.15, -0.1) is 0 Å². The normalized spacial score (nSPS) is 12.4. The van der Waals surface area contributed by atoms with Gasteiger partial charge in [0.1, 0.15) is 6.20 Å². The molecule has 0 fully saturated rings. The molecule has 0 radical (unpaired) electrons. The van der Waals surface area contributed by atoms with Crippen LogP contribution in [0.25, 0.3) is 0 Å². The van der Waals surface area contributed by atoms with E-state index in [-0.39, 0.29) is 17.5 Å². The van der Waals surface area contributed by atoms with Gasteiger partial charge in [-0.3, -0.25) is 10.1 Å². The highest BCUT2D eigenvalue weighted by atomic mass is 79.9. The summed E-state index contributed by atoms with van der Waals surface area (Å²) in [5.41, 5.74) is 6.31. The van der Waals surface area contributed by atoms with E-state index in [1.54, 1.807) is 6.07 Å². The first-order valence-electron chi connectivity index (χ1n) is 5.34. The maximum Gasteiger partial charge on any atom is 0.330 e. The lowest BCUT2D eigenvalue weighted by molar-refractivity contribution is -0.384. The van der Waals surface area contributed by atoms with Crippen molar-refractivity contribution in [2.45, 2.75) is 13.0 Å². The maximum absolute atomic E-state index is 10.7. The molecule has 2 rings (SSSR count). The minimum Gasteiger partial charge on any atom is -0.378 e. The fourth-order valence-corrected chi connectivity index (χ4v) is 2.62. The second-order valence-electron chi connectivity index (χ2n) is 3.96. The smallest absolute Gasteiger partial charge is 0.330 e. The van der Waals surface area contributed by atoms with E-state index in [0.29, 0.717) is 5.02 Å². The lowest BCUT2D eigenvalue weighted by Crippen LogP contribution is -2.12. The number of nitrogens with zero attached hydrogens (tertiary/aromatic N) is 3. The Morgan fingerprint density at radius 1 is 1.58 bits per heavy atom. The van der Waals surface area contributed by atoms with Crippen molar-refractivity contribution in [1.29, 1.82) is 0 Å². The van der Waals surface area contributed by atoms with Gasteiger partial charge in [0.2, 0.25) is 5.82 Å². The van der Waals surface area contributed by atoms with Crippen LogP contribution in [-0.4, -0.2) is 14.7 Å². The molecule has 0 spiro atoms. The molecule has 0 amide bonds. The number of aromatic nitrogens is 2. The second-order valence-corrected chi connectivity index (χ2v) is 5.28. The van der Waals surface area contributed by atoms with Crippen molar-refractivity contribution in [3.05, 3.63) is 49.6 Å². The van der Waals surface area contributed by atoms with Crippen molar-refractivity contribution in [2.75, 3.05) is 5.73 Å². The van der Waals surface area contributed by atoms with Crippen LogP contribution in [0.2, 0.25) is 5.02 Å². The van der Waals surface area contributed by atoms with Crippen LogP contribution in [0.5, 0.6) is 0 Å². The predicted octanol–water partition coefficient (Wildman–Crippen LogP) is 3.40. The summed E-state index contributed by atoms with van der Waals surface area (Å²) < 4.78 is 2.24. The van der Waals surface area contributed by atoms with Gasteiger partial charge in [0.05, 0.1) is 11.0 Å². The Kier molecular flexibility index (Phi) is 3.77. The van der Waals surface area contributed by atoms with Crippen LogP contribution in [0.4, 0.5) is 11.5 Å². The lowest BCUT2D eigenvalue weighted by atomic mass is 10.1. The van der Waals surface area contributed by atoms with E-state index < -0.39 is 4.92 Å². The van der Waals surface area contributed by atoms with Crippen LogP contribution in [-0.2, 0) is 0 Å². The number of hydrogen-bond acceptors (Lipinski definition) is 4. The van der Waals surface area contributed by atoms with Crippen LogP contribution in [0, 0.1) is 10.1 Å². The van der Waals surface area contributed by atoms with E-state index >= 15 is 0 Å². The number of nitrogens with two attached hydrogens (primary N) is 1. The van der Waals surface area contributed by atoms with Gasteiger partial charge < -0.3 is 5.73 Å². The van der Waals surface area contributed by atoms with Crippen molar-refractivity contribution in [2.24, 2.45) is 0 Å². The van der Waals surface area contributed by atoms with Gasteiger partial charge in [-0.1, -0.05) is 33.6 Å². The van der Waals surface area contributed by atoms with Crippen LogP contribution in [0.1, 0.15) is 18.5 Å². The van der Waals surface area contributed by atoms with Crippen LogP contribution in [0.15, 0.2) is 28.9 Å². The first-order chi connectivity index (χ1) is 8.91. The van der Waals surface area contributed by atoms with Gasteiger partial charge in [0, 0.05) is 9.50 Å². The summed E-state index contributed by atoms with van der Waals surface area (Å²) in [4.78, 5) is 10.2. The van der Waals surface area contributed by atoms with Crippen molar-refractivity contribution < 1.29 is 4.92 Å². The molecule has 0 aliphatic carbocycles. The van der Waals surface area contributed by atoms with E-state index in [4.69, 9.17) is 17.3 Å². The molecule has 8 heteroatoms. The fraction of sp³-hybridized carbons (Fsp3) is 0.182. The number of nitrogen functional groups attached to an aromatic ring is 1. The Morgan fingerprint density at radius 3 is 2.79 bits per heavy atom. The number of benzene rings is 1. The molecule has 2 aromatic rings.